The van der Waals surface area contributed by atoms with Gasteiger partial charge in [0, 0.05) is 0 Å². The van der Waals surface area contributed by atoms with Gasteiger partial charge >= 0.3 is 68.1 Å². The molecule has 0 fully saturated rings. The average molecular weight is 1300 g/mol. The molecule has 8 N–H and O–H groups in total. The zero-order valence-corrected chi connectivity index (χ0v) is 58.5. The van der Waals surface area contributed by atoms with Crippen molar-refractivity contribution in [2.45, 2.75) is 234 Å². The number of phenols is 4. The fourth-order valence-corrected chi connectivity index (χ4v) is 13.9. The Kier molecular flexibility index (Phi) is 26.2. The first-order valence-corrected chi connectivity index (χ1v) is 35.7. The zero-order valence-electron chi connectivity index (χ0n) is 54.9. The molecule has 4 aromatic carbocycles. The molecule has 4 unspecified atom stereocenters. The van der Waals surface area contributed by atoms with Gasteiger partial charge in [-0.05, 0) is 110 Å². The van der Waals surface area contributed by atoms with Crippen molar-refractivity contribution in [3.05, 3.63) is 115 Å². The van der Waals surface area contributed by atoms with Gasteiger partial charge in [0.2, 0.25) is 0 Å². The molecule has 480 valence electrons. The predicted octanol–water partition coefficient (Wildman–Crippen LogP) is 15.9. The van der Waals surface area contributed by atoms with E-state index in [2.05, 4.69) is 0 Å². The summed E-state index contributed by atoms with van der Waals surface area (Å²) in [4.78, 5) is 42.4. The first-order valence-electron chi connectivity index (χ1n) is 28.6. The Morgan fingerprint density at radius 3 is 0.471 bits per heavy atom. The molecule has 0 spiro atoms. The molecule has 0 aromatic heterocycles. The summed E-state index contributed by atoms with van der Waals surface area (Å²) >= 11 is 0. The second-order valence-corrected chi connectivity index (χ2v) is 38.1. The molecule has 4 aromatic rings. The molecule has 16 nitrogen and oxygen atoms in total. The van der Waals surface area contributed by atoms with Gasteiger partial charge in [-0.15, -0.1) is 0 Å². The summed E-state index contributed by atoms with van der Waals surface area (Å²) in [5.41, 5.74) is 4.46. The Morgan fingerprint density at radius 2 is 0.376 bits per heavy atom. The van der Waals surface area contributed by atoms with E-state index in [4.69, 9.17) is 18.1 Å². The molecule has 0 aliphatic carbocycles. The third-order valence-corrected chi connectivity index (χ3v) is 19.4. The fourth-order valence-electron chi connectivity index (χ4n) is 9.54. The summed E-state index contributed by atoms with van der Waals surface area (Å²) in [6, 6.07) is 13.8. The Balaban J connectivity index is 0.000000573. The molecule has 0 saturated heterocycles. The van der Waals surface area contributed by atoms with Gasteiger partial charge in [0.15, 0.2) is 0 Å². The minimum absolute atomic E-state index is 0. The average Bonchev–Trinajstić information content (AvgIpc) is 2.88. The molecule has 0 saturated carbocycles. The zero-order chi connectivity index (χ0) is 65.4. The van der Waals surface area contributed by atoms with Gasteiger partial charge in [-0.25, -0.2) is 0 Å². The van der Waals surface area contributed by atoms with Crippen molar-refractivity contribution in [1.82, 2.24) is 0 Å². The molecular formula is C64H106CaO16P4. The van der Waals surface area contributed by atoms with Crippen molar-refractivity contribution in [2.75, 3.05) is 26.4 Å². The van der Waals surface area contributed by atoms with E-state index in [-0.39, 0.29) is 112 Å². The summed E-state index contributed by atoms with van der Waals surface area (Å²) in [7, 11) is -16.6. The summed E-state index contributed by atoms with van der Waals surface area (Å²) in [6.45, 7) is 45.7. The standard InChI is InChI=1S/2C32H52O8P2.Ca.2H/c2*1-29(2,3)23-15-21(16-24(27(23)33)30(4,5)6)19-41(35,36)39-13-14-40-42(37,38)20-22-17-25(31(7,8)9)28(34)26(18-22)32(10,11)12;;;/h2*15-18,33-34H,13-14,19-20H2,1-12H3,(H,35,36)(H,37,38);;;. The summed E-state index contributed by atoms with van der Waals surface area (Å²) < 4.78 is 72.9. The molecule has 0 aliphatic rings. The van der Waals surface area contributed by atoms with Crippen LogP contribution in [0.1, 0.15) is 233 Å². The Labute approximate surface area is 539 Å². The summed E-state index contributed by atoms with van der Waals surface area (Å²) in [5.74, 6) is 0.713. The Bertz CT molecular complexity index is 2610. The van der Waals surface area contributed by atoms with Crippen LogP contribution in [0.3, 0.4) is 0 Å². The van der Waals surface area contributed by atoms with Gasteiger partial charge in [-0.3, -0.25) is 18.3 Å². The van der Waals surface area contributed by atoms with E-state index in [9.17, 15) is 58.3 Å². The van der Waals surface area contributed by atoms with Crippen LogP contribution in [0.25, 0.3) is 0 Å². The number of phenolic OH excluding ortho intramolecular Hbond substituents is 4. The fraction of sp³-hybridized carbons (Fsp3) is 0.625. The number of rotatable bonds is 18. The van der Waals surface area contributed by atoms with Gasteiger partial charge in [-0.1, -0.05) is 215 Å². The van der Waals surface area contributed by atoms with E-state index in [1.807, 2.05) is 166 Å². The molecule has 4 atom stereocenters. The summed E-state index contributed by atoms with van der Waals surface area (Å²) in [5, 5.41) is 43.7. The third kappa shape index (κ3) is 23.9. The van der Waals surface area contributed by atoms with Crippen LogP contribution in [0.5, 0.6) is 23.0 Å². The Hall–Kier alpha value is -2.06. The van der Waals surface area contributed by atoms with E-state index < -0.39 is 73.7 Å². The van der Waals surface area contributed by atoms with Crippen LogP contribution in [-0.2, 0) is 104 Å². The maximum atomic E-state index is 13.0. The molecular weight excluding hydrogens is 1190 g/mol. The van der Waals surface area contributed by atoms with Gasteiger partial charge in [0.1, 0.15) is 23.0 Å². The van der Waals surface area contributed by atoms with E-state index in [0.29, 0.717) is 66.8 Å². The van der Waals surface area contributed by atoms with Gasteiger partial charge in [-0.2, -0.15) is 0 Å². The number of hydrogen-bond acceptors (Lipinski definition) is 12. The van der Waals surface area contributed by atoms with E-state index >= 15 is 0 Å². The molecule has 85 heavy (non-hydrogen) atoms. The van der Waals surface area contributed by atoms with E-state index in [0.717, 1.165) is 0 Å². The van der Waals surface area contributed by atoms with Crippen molar-refractivity contribution in [2.24, 2.45) is 0 Å². The number of benzene rings is 4. The first kappa shape index (κ1) is 79.0. The van der Waals surface area contributed by atoms with Gasteiger partial charge in [0.05, 0.1) is 51.1 Å². The second kappa shape index (κ2) is 28.2. The predicted molar refractivity (Wildman–Crippen MR) is 348 cm³/mol. The number of aromatic hydroxyl groups is 4. The van der Waals surface area contributed by atoms with E-state index in [1.54, 1.807) is 48.5 Å². The molecule has 21 heteroatoms. The van der Waals surface area contributed by atoms with Crippen molar-refractivity contribution < 1.29 is 76.4 Å². The van der Waals surface area contributed by atoms with E-state index in [1.165, 1.54) is 0 Å². The van der Waals surface area contributed by atoms with Gasteiger partial charge < -0.3 is 58.1 Å². The summed E-state index contributed by atoms with van der Waals surface area (Å²) in [6.07, 6.45) is -1.13. The third-order valence-electron chi connectivity index (χ3n) is 14.0. The second-order valence-electron chi connectivity index (χ2n) is 30.7. The molecule has 0 aliphatic heterocycles. The molecule has 0 heterocycles. The number of hydrogen-bond donors (Lipinski definition) is 8. The van der Waals surface area contributed by atoms with Crippen LogP contribution in [-0.4, -0.2) is 104 Å². The minimum atomic E-state index is -4.14. The maximum absolute atomic E-state index is 13.0. The SMILES string of the molecule is CC(C)(C)c1cc(CP(=O)(O)OCCOP(=O)(O)Cc2cc(C(C)(C)C)c(O)c(C(C)(C)C)c2)cc(C(C)(C)C)c1O.CC(C)(C)c1cc(CP(=O)(O)OCCOP(=O)(O)Cc2cc(C(C)(C)C)c(O)c(C(C)(C)C)c2)cc(C(C)(C)C)c1O.[CaH2]. The molecule has 0 radical (unpaired) electrons. The van der Waals surface area contributed by atoms with Crippen LogP contribution >= 0.6 is 30.4 Å². The van der Waals surface area contributed by atoms with Crippen LogP contribution in [0.4, 0.5) is 0 Å². The van der Waals surface area contributed by atoms with Crippen molar-refractivity contribution >= 4 is 68.1 Å². The molecule has 0 amide bonds. The van der Waals surface area contributed by atoms with Crippen molar-refractivity contribution in [3.8, 4) is 23.0 Å². The van der Waals surface area contributed by atoms with Crippen LogP contribution < -0.4 is 0 Å². The van der Waals surface area contributed by atoms with Gasteiger partial charge in [0.25, 0.3) is 0 Å². The van der Waals surface area contributed by atoms with Crippen LogP contribution in [0.2, 0.25) is 0 Å². The van der Waals surface area contributed by atoms with Crippen LogP contribution in [0, 0.1) is 0 Å². The first-order chi connectivity index (χ1) is 37.3. The Morgan fingerprint density at radius 1 is 0.271 bits per heavy atom. The topological polar surface area (TPSA) is 267 Å². The van der Waals surface area contributed by atoms with Crippen molar-refractivity contribution in [1.29, 1.82) is 0 Å². The van der Waals surface area contributed by atoms with Crippen molar-refractivity contribution in [3.63, 3.8) is 0 Å². The van der Waals surface area contributed by atoms with Crippen LogP contribution in [0.15, 0.2) is 48.5 Å². The normalized spacial score (nSPS) is 16.0. The monoisotopic (exact) mass is 1290 g/mol. The molecule has 4 rings (SSSR count). The molecule has 0 bridgehead atoms. The quantitative estimate of drug-likeness (QED) is 0.0261.